The van der Waals surface area contributed by atoms with Crippen LogP contribution in [0.1, 0.15) is 19.8 Å². The van der Waals surface area contributed by atoms with Gasteiger partial charge in [-0.25, -0.2) is 0 Å². The summed E-state index contributed by atoms with van der Waals surface area (Å²) in [5.74, 6) is 1.57. The molecule has 1 aliphatic rings. The lowest BCUT2D eigenvalue weighted by atomic mass is 10.2. The second kappa shape index (κ2) is 15.2. The lowest BCUT2D eigenvalue weighted by Gasteiger charge is -2.29. The number of anilines is 1. The predicted octanol–water partition coefficient (Wildman–Crippen LogP) is 1.94. The second-order valence-corrected chi connectivity index (χ2v) is 6.99. The molecule has 2 rings (SSSR count). The zero-order chi connectivity index (χ0) is 20.9. The van der Waals surface area contributed by atoms with Gasteiger partial charge in [-0.15, -0.1) is 24.0 Å². The molecule has 0 aromatic heterocycles. The van der Waals surface area contributed by atoms with Crippen LogP contribution in [0.15, 0.2) is 29.3 Å². The molecule has 1 aromatic carbocycles. The number of carbonyl (C=O) groups is 1. The van der Waals surface area contributed by atoms with Crippen LogP contribution in [-0.4, -0.2) is 83.4 Å². The molecule has 0 saturated carbocycles. The average Bonchev–Trinajstić information content (AvgIpc) is 2.72. The van der Waals surface area contributed by atoms with Crippen LogP contribution in [0, 0.1) is 0 Å². The van der Waals surface area contributed by atoms with Crippen molar-refractivity contribution in [1.82, 2.24) is 15.5 Å². The van der Waals surface area contributed by atoms with E-state index < -0.39 is 0 Å². The lowest BCUT2D eigenvalue weighted by Crippen LogP contribution is -2.41. The number of ether oxygens (including phenoxy) is 2. The number of halogens is 1. The Hall–Kier alpha value is -1.59. The van der Waals surface area contributed by atoms with Gasteiger partial charge in [-0.05, 0) is 38.9 Å². The number of amides is 1. The molecule has 30 heavy (non-hydrogen) atoms. The number of benzene rings is 1. The monoisotopic (exact) mass is 533 g/mol. The summed E-state index contributed by atoms with van der Waals surface area (Å²) in [7, 11) is 3.84. The minimum absolute atomic E-state index is 0. The quantitative estimate of drug-likeness (QED) is 0.185. The largest absolute Gasteiger partial charge is 0.482 e. The summed E-state index contributed by atoms with van der Waals surface area (Å²) in [4.78, 5) is 20.9. The van der Waals surface area contributed by atoms with Crippen LogP contribution in [0.5, 0.6) is 5.75 Å². The maximum absolute atomic E-state index is 12.2. The highest BCUT2D eigenvalue weighted by Gasteiger charge is 2.24. The van der Waals surface area contributed by atoms with Crippen molar-refractivity contribution < 1.29 is 14.3 Å². The van der Waals surface area contributed by atoms with Gasteiger partial charge in [0.2, 0.25) is 0 Å². The molecule has 170 valence electrons. The van der Waals surface area contributed by atoms with Gasteiger partial charge in [-0.1, -0.05) is 12.1 Å². The van der Waals surface area contributed by atoms with Crippen LogP contribution in [0.4, 0.5) is 5.69 Å². The number of nitrogens with one attached hydrogen (secondary N) is 2. The van der Waals surface area contributed by atoms with Gasteiger partial charge in [-0.2, -0.15) is 0 Å². The molecule has 0 unspecified atom stereocenters. The molecular weight excluding hydrogens is 497 g/mol. The third kappa shape index (κ3) is 9.05. The van der Waals surface area contributed by atoms with Gasteiger partial charge < -0.3 is 29.9 Å². The number of hydrogen-bond acceptors (Lipinski definition) is 5. The third-order valence-corrected chi connectivity index (χ3v) is 4.64. The van der Waals surface area contributed by atoms with E-state index in [9.17, 15) is 4.79 Å². The molecule has 9 heteroatoms. The molecule has 0 spiro atoms. The van der Waals surface area contributed by atoms with Gasteiger partial charge >= 0.3 is 0 Å². The van der Waals surface area contributed by atoms with E-state index >= 15 is 0 Å². The number of guanidine groups is 1. The highest BCUT2D eigenvalue weighted by molar-refractivity contribution is 14.0. The number of nitrogens with zero attached hydrogens (tertiary/aromatic N) is 3. The van der Waals surface area contributed by atoms with Crippen LogP contribution in [0.3, 0.4) is 0 Å². The van der Waals surface area contributed by atoms with E-state index in [0.29, 0.717) is 13.1 Å². The first-order chi connectivity index (χ1) is 14.2. The van der Waals surface area contributed by atoms with Gasteiger partial charge in [0, 0.05) is 53.0 Å². The summed E-state index contributed by atoms with van der Waals surface area (Å²) < 4.78 is 10.6. The zero-order valence-corrected chi connectivity index (χ0v) is 20.7. The van der Waals surface area contributed by atoms with E-state index in [1.54, 1.807) is 12.0 Å². The third-order valence-electron chi connectivity index (χ3n) is 4.64. The van der Waals surface area contributed by atoms with Crippen molar-refractivity contribution in [2.24, 2.45) is 4.99 Å². The highest BCUT2D eigenvalue weighted by atomic mass is 127. The summed E-state index contributed by atoms with van der Waals surface area (Å²) >= 11 is 0. The topological polar surface area (TPSA) is 78.4 Å². The minimum Gasteiger partial charge on any atom is -0.482 e. The highest BCUT2D eigenvalue weighted by Crippen LogP contribution is 2.31. The van der Waals surface area contributed by atoms with Crippen molar-refractivity contribution in [2.45, 2.75) is 19.8 Å². The Morgan fingerprint density at radius 2 is 2.07 bits per heavy atom. The van der Waals surface area contributed by atoms with Crippen molar-refractivity contribution in [3.05, 3.63) is 24.3 Å². The van der Waals surface area contributed by atoms with E-state index in [1.807, 2.05) is 24.3 Å². The van der Waals surface area contributed by atoms with Crippen LogP contribution in [0.2, 0.25) is 0 Å². The summed E-state index contributed by atoms with van der Waals surface area (Å²) in [6.45, 7) is 7.80. The van der Waals surface area contributed by atoms with Crippen LogP contribution in [0.25, 0.3) is 0 Å². The number of rotatable bonds is 12. The van der Waals surface area contributed by atoms with Crippen molar-refractivity contribution in [3.8, 4) is 5.75 Å². The molecule has 0 bridgehead atoms. The van der Waals surface area contributed by atoms with E-state index in [0.717, 1.165) is 63.0 Å². The van der Waals surface area contributed by atoms with E-state index in [1.165, 1.54) is 0 Å². The van der Waals surface area contributed by atoms with Crippen molar-refractivity contribution >= 4 is 41.5 Å². The number of hydrogen-bond donors (Lipinski definition) is 2. The maximum Gasteiger partial charge on any atom is 0.265 e. The Labute approximate surface area is 197 Å². The van der Waals surface area contributed by atoms with Crippen molar-refractivity contribution in [1.29, 1.82) is 0 Å². The number of fused-ring (bicyclic) bond motifs is 1. The number of para-hydroxylation sites is 2. The standard InChI is InChI=1S/C21H35N5O3.HI/c1-4-22-21(24-12-15-25(2)13-8-16-28-3)23-11-7-14-26-18-9-5-6-10-19(18)29-17-20(26)27;/h5-6,9-10H,4,7-8,11-17H2,1-3H3,(H2,22,23,24);1H. The Bertz CT molecular complexity index is 659. The normalized spacial score (nSPS) is 13.5. The van der Waals surface area contributed by atoms with Crippen LogP contribution < -0.4 is 20.3 Å². The molecular formula is C21H36IN5O3. The van der Waals surface area contributed by atoms with Crippen LogP contribution >= 0.6 is 24.0 Å². The molecule has 1 aliphatic heterocycles. The number of methoxy groups -OCH3 is 1. The Morgan fingerprint density at radius 1 is 1.27 bits per heavy atom. The Kier molecular flexibility index (Phi) is 13.4. The smallest absolute Gasteiger partial charge is 0.265 e. The predicted molar refractivity (Wildman–Crippen MR) is 132 cm³/mol. The number of aliphatic imine (C=N–C) groups is 1. The Balaban J connectivity index is 0.00000450. The van der Waals surface area contributed by atoms with Crippen molar-refractivity contribution in [3.63, 3.8) is 0 Å². The molecule has 1 heterocycles. The van der Waals surface area contributed by atoms with E-state index in [-0.39, 0.29) is 36.5 Å². The molecule has 0 fully saturated rings. The maximum atomic E-state index is 12.2. The molecule has 0 atom stereocenters. The van der Waals surface area contributed by atoms with Crippen molar-refractivity contribution in [2.75, 3.05) is 71.5 Å². The number of carbonyl (C=O) groups excluding carboxylic acids is 1. The lowest BCUT2D eigenvalue weighted by molar-refractivity contribution is -0.121. The fourth-order valence-electron chi connectivity index (χ4n) is 3.12. The molecule has 0 aliphatic carbocycles. The van der Waals surface area contributed by atoms with Crippen LogP contribution in [-0.2, 0) is 9.53 Å². The van der Waals surface area contributed by atoms with Gasteiger partial charge in [0.25, 0.3) is 5.91 Å². The summed E-state index contributed by atoms with van der Waals surface area (Å²) in [5, 5.41) is 6.64. The summed E-state index contributed by atoms with van der Waals surface area (Å²) in [6.07, 6.45) is 1.82. The van der Waals surface area contributed by atoms with Gasteiger partial charge in [0.15, 0.2) is 12.6 Å². The molecule has 0 saturated heterocycles. The first kappa shape index (κ1) is 26.4. The fourth-order valence-corrected chi connectivity index (χ4v) is 3.12. The molecule has 0 radical (unpaired) electrons. The van der Waals surface area contributed by atoms with E-state index in [4.69, 9.17) is 9.47 Å². The molecule has 1 amide bonds. The average molecular weight is 533 g/mol. The Morgan fingerprint density at radius 3 is 2.83 bits per heavy atom. The fraction of sp³-hybridized carbons (Fsp3) is 0.619. The first-order valence-corrected chi connectivity index (χ1v) is 10.4. The minimum atomic E-state index is -0.00535. The number of likely N-dealkylation sites (N-methyl/N-ethyl adjacent to an activating group) is 1. The SMILES string of the molecule is CCNC(=NCCCN1C(=O)COc2ccccc21)NCCN(C)CCCOC.I. The van der Waals surface area contributed by atoms with Gasteiger partial charge in [0.1, 0.15) is 5.75 Å². The van der Waals surface area contributed by atoms with Gasteiger partial charge in [0.05, 0.1) is 5.69 Å². The molecule has 8 nitrogen and oxygen atoms in total. The molecule has 1 aromatic rings. The first-order valence-electron chi connectivity index (χ1n) is 10.4. The molecule has 2 N–H and O–H groups in total. The second-order valence-electron chi connectivity index (χ2n) is 6.99. The zero-order valence-electron chi connectivity index (χ0n) is 18.4. The van der Waals surface area contributed by atoms with E-state index in [2.05, 4.69) is 34.5 Å². The summed E-state index contributed by atoms with van der Waals surface area (Å²) in [6, 6.07) is 7.66. The summed E-state index contributed by atoms with van der Waals surface area (Å²) in [5.41, 5.74) is 0.842. The van der Waals surface area contributed by atoms with Gasteiger partial charge in [-0.3, -0.25) is 9.79 Å².